The Morgan fingerprint density at radius 1 is 1.08 bits per heavy atom. The molecule has 3 aromatic rings. The highest BCUT2D eigenvalue weighted by atomic mass is 35.5. The van der Waals surface area contributed by atoms with Crippen molar-refractivity contribution in [1.29, 1.82) is 0 Å². The summed E-state index contributed by atoms with van der Waals surface area (Å²) < 4.78 is 1.71. The van der Waals surface area contributed by atoms with Gasteiger partial charge in [-0.05, 0) is 29.8 Å². The smallest absolute Gasteiger partial charge is 0.258 e. The van der Waals surface area contributed by atoms with Crippen LogP contribution in [-0.4, -0.2) is 15.7 Å². The van der Waals surface area contributed by atoms with Crippen molar-refractivity contribution in [2.45, 2.75) is 6.54 Å². The van der Waals surface area contributed by atoms with Crippen molar-refractivity contribution in [2.75, 3.05) is 5.32 Å². The average Bonchev–Trinajstić information content (AvgIpc) is 2.97. The number of amides is 1. The Kier molecular flexibility index (Phi) is 5.09. The van der Waals surface area contributed by atoms with E-state index in [0.717, 1.165) is 5.56 Å². The molecule has 0 aliphatic carbocycles. The molecule has 3 rings (SSSR count). The van der Waals surface area contributed by atoms with E-state index in [9.17, 15) is 4.79 Å². The molecule has 0 aliphatic rings. The van der Waals surface area contributed by atoms with Gasteiger partial charge in [-0.2, -0.15) is 5.10 Å². The van der Waals surface area contributed by atoms with Gasteiger partial charge in [0.2, 0.25) is 0 Å². The van der Waals surface area contributed by atoms with Crippen LogP contribution in [0.2, 0.25) is 15.1 Å². The van der Waals surface area contributed by atoms with Gasteiger partial charge in [0.1, 0.15) is 0 Å². The summed E-state index contributed by atoms with van der Waals surface area (Å²) in [6.07, 6.45) is 1.77. The van der Waals surface area contributed by atoms with Crippen molar-refractivity contribution in [1.82, 2.24) is 9.78 Å². The fourth-order valence-corrected chi connectivity index (χ4v) is 2.80. The van der Waals surface area contributed by atoms with Crippen LogP contribution in [0, 0.1) is 0 Å². The zero-order valence-corrected chi connectivity index (χ0v) is 14.6. The van der Waals surface area contributed by atoms with Crippen molar-refractivity contribution in [3.05, 3.63) is 80.9 Å². The summed E-state index contributed by atoms with van der Waals surface area (Å²) in [6.45, 7) is 0.550. The molecule has 0 saturated carbocycles. The van der Waals surface area contributed by atoms with Crippen LogP contribution in [0.1, 0.15) is 15.9 Å². The molecule has 1 amide bonds. The summed E-state index contributed by atoms with van der Waals surface area (Å²) in [4.78, 5) is 12.3. The van der Waals surface area contributed by atoms with Crippen LogP contribution in [0.5, 0.6) is 0 Å². The molecule has 1 aromatic heterocycles. The Morgan fingerprint density at radius 3 is 2.67 bits per heavy atom. The average molecular weight is 381 g/mol. The van der Waals surface area contributed by atoms with Crippen LogP contribution in [-0.2, 0) is 6.54 Å². The SMILES string of the molecule is O=C(Nc1ccn(Cc2cccc(Cl)c2)n1)c1cccc(Cl)c1Cl. The number of carbonyl (C=O) groups excluding carboxylic acids is 1. The van der Waals surface area contributed by atoms with Crippen LogP contribution in [0.15, 0.2) is 54.7 Å². The van der Waals surface area contributed by atoms with Crippen molar-refractivity contribution >= 4 is 46.5 Å². The van der Waals surface area contributed by atoms with Gasteiger partial charge >= 0.3 is 0 Å². The van der Waals surface area contributed by atoms with Crippen LogP contribution >= 0.6 is 34.8 Å². The molecule has 24 heavy (non-hydrogen) atoms. The van der Waals surface area contributed by atoms with Gasteiger partial charge in [0, 0.05) is 17.3 Å². The number of hydrogen-bond acceptors (Lipinski definition) is 2. The van der Waals surface area contributed by atoms with Gasteiger partial charge in [0.15, 0.2) is 5.82 Å². The summed E-state index contributed by atoms with van der Waals surface area (Å²) >= 11 is 17.9. The monoisotopic (exact) mass is 379 g/mol. The van der Waals surface area contributed by atoms with Crippen LogP contribution in [0.3, 0.4) is 0 Å². The van der Waals surface area contributed by atoms with Crippen molar-refractivity contribution in [3.63, 3.8) is 0 Å². The number of rotatable bonds is 4. The largest absolute Gasteiger partial charge is 0.305 e. The molecule has 0 saturated heterocycles. The molecule has 0 bridgehead atoms. The maximum absolute atomic E-state index is 12.3. The molecule has 0 atom stereocenters. The second-order valence-electron chi connectivity index (χ2n) is 5.08. The number of nitrogens with one attached hydrogen (secondary N) is 1. The lowest BCUT2D eigenvalue weighted by Crippen LogP contribution is -2.13. The lowest BCUT2D eigenvalue weighted by Gasteiger charge is -2.06. The molecule has 7 heteroatoms. The number of hydrogen-bond donors (Lipinski definition) is 1. The quantitative estimate of drug-likeness (QED) is 0.681. The lowest BCUT2D eigenvalue weighted by molar-refractivity contribution is 0.102. The Labute approximate surface area is 154 Å². The van der Waals surface area contributed by atoms with Crippen LogP contribution in [0.25, 0.3) is 0 Å². The molecule has 0 radical (unpaired) electrons. The molecule has 0 spiro atoms. The molecule has 122 valence electrons. The van der Waals surface area contributed by atoms with Gasteiger partial charge in [-0.15, -0.1) is 0 Å². The van der Waals surface area contributed by atoms with Gasteiger partial charge < -0.3 is 5.32 Å². The zero-order valence-electron chi connectivity index (χ0n) is 12.3. The third-order valence-corrected chi connectivity index (χ3v) is 4.37. The predicted octanol–water partition coefficient (Wildman–Crippen LogP) is 5.14. The highest BCUT2D eigenvalue weighted by molar-refractivity contribution is 6.44. The van der Waals surface area contributed by atoms with E-state index >= 15 is 0 Å². The summed E-state index contributed by atoms with van der Waals surface area (Å²) in [5.74, 6) is 0.0635. The first-order chi connectivity index (χ1) is 11.5. The summed E-state index contributed by atoms with van der Waals surface area (Å²) in [5, 5.41) is 8.24. The molecular weight excluding hydrogens is 369 g/mol. The van der Waals surface area contributed by atoms with Crippen molar-refractivity contribution in [3.8, 4) is 0 Å². The molecule has 0 fully saturated rings. The summed E-state index contributed by atoms with van der Waals surface area (Å²) in [7, 11) is 0. The molecule has 0 aliphatic heterocycles. The topological polar surface area (TPSA) is 46.9 Å². The standard InChI is InChI=1S/C17H12Cl3N3O/c18-12-4-1-3-11(9-12)10-23-8-7-15(22-23)21-17(24)13-5-2-6-14(19)16(13)20/h1-9H,10H2,(H,21,22,24). The second-order valence-corrected chi connectivity index (χ2v) is 6.31. The zero-order chi connectivity index (χ0) is 17.1. The van der Waals surface area contributed by atoms with Gasteiger partial charge in [-0.1, -0.05) is 53.0 Å². The summed E-state index contributed by atoms with van der Waals surface area (Å²) in [6, 6.07) is 14.1. The highest BCUT2D eigenvalue weighted by Gasteiger charge is 2.13. The molecule has 4 nitrogen and oxygen atoms in total. The fraction of sp³-hybridized carbons (Fsp3) is 0.0588. The number of halogens is 3. The van der Waals surface area contributed by atoms with E-state index in [1.165, 1.54) is 0 Å². The maximum Gasteiger partial charge on any atom is 0.258 e. The predicted molar refractivity (Wildman–Crippen MR) is 97.2 cm³/mol. The fourth-order valence-electron chi connectivity index (χ4n) is 2.20. The van der Waals surface area contributed by atoms with E-state index in [0.29, 0.717) is 28.0 Å². The first-order valence-electron chi connectivity index (χ1n) is 7.06. The van der Waals surface area contributed by atoms with E-state index in [-0.39, 0.29) is 10.9 Å². The van der Waals surface area contributed by atoms with E-state index in [1.807, 2.05) is 24.3 Å². The number of carbonyl (C=O) groups is 1. The van der Waals surface area contributed by atoms with Gasteiger partial charge in [-0.25, -0.2) is 0 Å². The lowest BCUT2D eigenvalue weighted by atomic mass is 10.2. The highest BCUT2D eigenvalue weighted by Crippen LogP contribution is 2.26. The number of anilines is 1. The Bertz CT molecular complexity index is 892. The van der Waals surface area contributed by atoms with Crippen molar-refractivity contribution in [2.24, 2.45) is 0 Å². The van der Waals surface area contributed by atoms with Crippen molar-refractivity contribution < 1.29 is 4.79 Å². The number of aromatic nitrogens is 2. The third kappa shape index (κ3) is 3.90. The molecule has 0 unspecified atom stereocenters. The molecular formula is C17H12Cl3N3O. The van der Waals surface area contributed by atoms with Gasteiger partial charge in [-0.3, -0.25) is 9.48 Å². The minimum atomic E-state index is -0.365. The van der Waals surface area contributed by atoms with E-state index in [1.54, 1.807) is 35.1 Å². The Hall–Kier alpha value is -2.01. The Balaban J connectivity index is 1.72. The Morgan fingerprint density at radius 2 is 1.88 bits per heavy atom. The second kappa shape index (κ2) is 7.26. The third-order valence-electron chi connectivity index (χ3n) is 3.31. The number of nitrogens with zero attached hydrogens (tertiary/aromatic N) is 2. The first kappa shape index (κ1) is 16.8. The maximum atomic E-state index is 12.3. The van der Waals surface area contributed by atoms with E-state index < -0.39 is 0 Å². The van der Waals surface area contributed by atoms with E-state index in [2.05, 4.69) is 10.4 Å². The molecule has 2 aromatic carbocycles. The molecule has 1 N–H and O–H groups in total. The van der Waals surface area contributed by atoms with Crippen LogP contribution < -0.4 is 5.32 Å². The van der Waals surface area contributed by atoms with Gasteiger partial charge in [0.05, 0.1) is 22.2 Å². The molecule has 1 heterocycles. The normalized spacial score (nSPS) is 10.6. The van der Waals surface area contributed by atoms with Crippen LogP contribution in [0.4, 0.5) is 5.82 Å². The number of benzene rings is 2. The van der Waals surface area contributed by atoms with E-state index in [4.69, 9.17) is 34.8 Å². The summed E-state index contributed by atoms with van der Waals surface area (Å²) in [5.41, 5.74) is 1.31. The first-order valence-corrected chi connectivity index (χ1v) is 8.19. The minimum Gasteiger partial charge on any atom is -0.305 e. The minimum absolute atomic E-state index is 0.218. The van der Waals surface area contributed by atoms with Gasteiger partial charge in [0.25, 0.3) is 5.91 Å².